The van der Waals surface area contributed by atoms with Crippen LogP contribution in [0.2, 0.25) is 0 Å². The molecule has 0 aliphatic rings. The third kappa shape index (κ3) is 4.92. The number of aryl methyl sites for hydroxylation is 1. The smallest absolute Gasteiger partial charge is 0.328 e. The highest BCUT2D eigenvalue weighted by molar-refractivity contribution is 7.14. The molecule has 0 saturated heterocycles. The van der Waals surface area contributed by atoms with Crippen LogP contribution in [0.25, 0.3) is 0 Å². The second-order valence-corrected chi connectivity index (χ2v) is 6.87. The number of hydrogen-bond acceptors (Lipinski definition) is 5. The molecule has 0 aliphatic carbocycles. The topological polar surface area (TPSA) is 88.5 Å². The summed E-state index contributed by atoms with van der Waals surface area (Å²) < 4.78 is 5.11. The maximum Gasteiger partial charge on any atom is 0.328 e. The molecule has 22 heavy (non-hydrogen) atoms. The van der Waals surface area contributed by atoms with Gasteiger partial charge in [-0.15, -0.1) is 17.9 Å². The Labute approximate surface area is 134 Å². The van der Waals surface area contributed by atoms with E-state index in [1.807, 2.05) is 20.8 Å². The number of aliphatic carboxylic acids is 1. The van der Waals surface area contributed by atoms with Crippen molar-refractivity contribution >= 4 is 23.2 Å². The first-order valence-electron chi connectivity index (χ1n) is 6.87. The SMILES string of the molecule is C=CCOCC(NC(=O)c1sc(C(C)(C)C)nc1C)C(=O)O. The van der Waals surface area contributed by atoms with Gasteiger partial charge in [0.05, 0.1) is 23.9 Å². The largest absolute Gasteiger partial charge is 0.480 e. The monoisotopic (exact) mass is 326 g/mol. The summed E-state index contributed by atoms with van der Waals surface area (Å²) in [6.07, 6.45) is 1.52. The van der Waals surface area contributed by atoms with E-state index in [0.717, 1.165) is 5.01 Å². The molecule has 0 saturated carbocycles. The first kappa shape index (κ1) is 18.3. The molecule has 0 aromatic carbocycles. The minimum Gasteiger partial charge on any atom is -0.480 e. The number of thiazole rings is 1. The number of carbonyl (C=O) groups excluding carboxylic acids is 1. The highest BCUT2D eigenvalue weighted by Crippen LogP contribution is 2.29. The van der Waals surface area contributed by atoms with E-state index in [0.29, 0.717) is 10.6 Å². The van der Waals surface area contributed by atoms with Crippen LogP contribution in [0.3, 0.4) is 0 Å². The number of aromatic nitrogens is 1. The zero-order valence-electron chi connectivity index (χ0n) is 13.3. The van der Waals surface area contributed by atoms with Gasteiger partial charge in [0.2, 0.25) is 0 Å². The maximum absolute atomic E-state index is 12.3. The number of carboxylic acids is 1. The van der Waals surface area contributed by atoms with Crippen molar-refractivity contribution in [1.82, 2.24) is 10.3 Å². The molecule has 0 fully saturated rings. The number of rotatable bonds is 7. The van der Waals surface area contributed by atoms with Crippen molar-refractivity contribution in [2.24, 2.45) is 0 Å². The molecule has 0 spiro atoms. The van der Waals surface area contributed by atoms with Crippen LogP contribution in [0.15, 0.2) is 12.7 Å². The standard InChI is InChI=1S/C15H22N2O4S/c1-6-7-21-8-10(13(19)20)17-12(18)11-9(2)16-14(22-11)15(3,4)5/h6,10H,1,7-8H2,2-5H3,(H,17,18)(H,19,20). The van der Waals surface area contributed by atoms with E-state index < -0.39 is 17.9 Å². The molecule has 6 nitrogen and oxygen atoms in total. The molecule has 122 valence electrons. The predicted molar refractivity (Wildman–Crippen MR) is 85.5 cm³/mol. The van der Waals surface area contributed by atoms with E-state index >= 15 is 0 Å². The fourth-order valence-electron chi connectivity index (χ4n) is 1.60. The number of nitrogens with zero attached hydrogens (tertiary/aromatic N) is 1. The first-order valence-corrected chi connectivity index (χ1v) is 7.68. The fourth-order valence-corrected chi connectivity index (χ4v) is 2.62. The third-order valence-electron chi connectivity index (χ3n) is 2.77. The van der Waals surface area contributed by atoms with E-state index in [2.05, 4.69) is 16.9 Å². The lowest BCUT2D eigenvalue weighted by atomic mass is 9.98. The summed E-state index contributed by atoms with van der Waals surface area (Å²) in [5.41, 5.74) is 0.441. The van der Waals surface area contributed by atoms with Crippen LogP contribution < -0.4 is 5.32 Å². The normalized spacial score (nSPS) is 12.7. The predicted octanol–water partition coefficient (Wildman–Crippen LogP) is 2.13. The molecule has 1 unspecified atom stereocenters. The molecule has 1 rings (SSSR count). The molecule has 1 aromatic rings. The van der Waals surface area contributed by atoms with E-state index in [4.69, 9.17) is 9.84 Å². The van der Waals surface area contributed by atoms with Crippen LogP contribution in [-0.2, 0) is 14.9 Å². The Morgan fingerprint density at radius 3 is 2.59 bits per heavy atom. The molecule has 2 N–H and O–H groups in total. The zero-order chi connectivity index (χ0) is 16.9. The van der Waals surface area contributed by atoms with E-state index in [1.54, 1.807) is 6.92 Å². The fraction of sp³-hybridized carbons (Fsp3) is 0.533. The van der Waals surface area contributed by atoms with Crippen molar-refractivity contribution in [3.63, 3.8) is 0 Å². The van der Waals surface area contributed by atoms with Crippen LogP contribution in [0, 0.1) is 6.92 Å². The van der Waals surface area contributed by atoms with E-state index in [9.17, 15) is 9.59 Å². The average Bonchev–Trinajstić information content (AvgIpc) is 2.79. The second kappa shape index (κ2) is 7.51. The summed E-state index contributed by atoms with van der Waals surface area (Å²) in [6, 6.07) is -1.10. The second-order valence-electron chi connectivity index (χ2n) is 5.87. The highest BCUT2D eigenvalue weighted by atomic mass is 32.1. The van der Waals surface area contributed by atoms with Gasteiger partial charge in [-0.05, 0) is 6.92 Å². The van der Waals surface area contributed by atoms with Gasteiger partial charge in [0.15, 0.2) is 6.04 Å². The lowest BCUT2D eigenvalue weighted by molar-refractivity contribution is -0.140. The van der Waals surface area contributed by atoms with Crippen molar-refractivity contribution in [3.05, 3.63) is 28.2 Å². The summed E-state index contributed by atoms with van der Waals surface area (Å²) in [4.78, 5) is 28.3. The molecule has 7 heteroatoms. The van der Waals surface area contributed by atoms with Crippen LogP contribution in [0.4, 0.5) is 0 Å². The Kier molecular flexibility index (Phi) is 6.25. The Hall–Kier alpha value is -1.73. The van der Waals surface area contributed by atoms with Gasteiger partial charge >= 0.3 is 5.97 Å². The van der Waals surface area contributed by atoms with Crippen LogP contribution >= 0.6 is 11.3 Å². The number of carboxylic acid groups (broad SMARTS) is 1. The molecule has 0 bridgehead atoms. The summed E-state index contributed by atoms with van der Waals surface area (Å²) >= 11 is 1.28. The van der Waals surface area contributed by atoms with Gasteiger partial charge in [0, 0.05) is 5.41 Å². The molecular weight excluding hydrogens is 304 g/mol. The summed E-state index contributed by atoms with van der Waals surface area (Å²) in [6.45, 7) is 11.4. The molecule has 1 aromatic heterocycles. The lowest BCUT2D eigenvalue weighted by Gasteiger charge is -2.14. The Morgan fingerprint density at radius 2 is 2.14 bits per heavy atom. The number of carbonyl (C=O) groups is 2. The van der Waals surface area contributed by atoms with Gasteiger partial charge < -0.3 is 15.2 Å². The summed E-state index contributed by atoms with van der Waals surface area (Å²) in [5, 5.41) is 12.4. The maximum atomic E-state index is 12.3. The quantitative estimate of drug-likeness (QED) is 0.592. The van der Waals surface area contributed by atoms with Gasteiger partial charge in [-0.25, -0.2) is 9.78 Å². The van der Waals surface area contributed by atoms with Gasteiger partial charge in [0.25, 0.3) is 5.91 Å². The van der Waals surface area contributed by atoms with Crippen molar-refractivity contribution in [2.45, 2.75) is 39.2 Å². The van der Waals surface area contributed by atoms with Crippen molar-refractivity contribution in [3.8, 4) is 0 Å². The van der Waals surface area contributed by atoms with Gasteiger partial charge in [-0.1, -0.05) is 26.8 Å². The minimum atomic E-state index is -1.14. The number of hydrogen-bond donors (Lipinski definition) is 2. The molecule has 0 radical (unpaired) electrons. The molecule has 1 atom stereocenters. The first-order chi connectivity index (χ1) is 10.2. The molecular formula is C15H22N2O4S. The number of nitrogens with one attached hydrogen (secondary N) is 1. The van der Waals surface area contributed by atoms with Crippen molar-refractivity contribution in [2.75, 3.05) is 13.2 Å². The lowest BCUT2D eigenvalue weighted by Crippen LogP contribution is -2.44. The van der Waals surface area contributed by atoms with Crippen molar-refractivity contribution < 1.29 is 19.4 Å². The third-order valence-corrected chi connectivity index (χ3v) is 4.35. The van der Waals surface area contributed by atoms with Crippen LogP contribution in [-0.4, -0.2) is 41.2 Å². The zero-order valence-corrected chi connectivity index (χ0v) is 14.1. The van der Waals surface area contributed by atoms with Crippen molar-refractivity contribution in [1.29, 1.82) is 0 Å². The Balaban J connectivity index is 2.84. The molecule has 0 aliphatic heterocycles. The number of ether oxygens (including phenoxy) is 1. The average molecular weight is 326 g/mol. The number of amides is 1. The van der Waals surface area contributed by atoms with E-state index in [1.165, 1.54) is 17.4 Å². The highest BCUT2D eigenvalue weighted by Gasteiger charge is 2.26. The van der Waals surface area contributed by atoms with Gasteiger partial charge in [-0.2, -0.15) is 0 Å². The van der Waals surface area contributed by atoms with Gasteiger partial charge in [-0.3, -0.25) is 4.79 Å². The minimum absolute atomic E-state index is 0.114. The molecule has 1 amide bonds. The van der Waals surface area contributed by atoms with E-state index in [-0.39, 0.29) is 18.6 Å². The van der Waals surface area contributed by atoms with Crippen LogP contribution in [0.5, 0.6) is 0 Å². The summed E-state index contributed by atoms with van der Waals surface area (Å²) in [7, 11) is 0. The molecule has 1 heterocycles. The Bertz CT molecular complexity index is 560. The van der Waals surface area contributed by atoms with Crippen LogP contribution in [0.1, 0.15) is 41.1 Å². The Morgan fingerprint density at radius 1 is 1.50 bits per heavy atom. The summed E-state index contributed by atoms with van der Waals surface area (Å²) in [5.74, 6) is -1.59. The van der Waals surface area contributed by atoms with Gasteiger partial charge in [0.1, 0.15) is 4.88 Å².